The molecular formula is C15H20N2O3S. The van der Waals surface area contributed by atoms with E-state index < -0.39 is 10.0 Å². The molecule has 1 aliphatic heterocycles. The molecule has 1 aromatic rings. The average Bonchev–Trinajstić information content (AvgIpc) is 2.71. The average molecular weight is 308 g/mol. The van der Waals surface area contributed by atoms with Crippen molar-refractivity contribution in [3.8, 4) is 5.75 Å². The van der Waals surface area contributed by atoms with E-state index in [0.717, 1.165) is 11.3 Å². The molecule has 0 fully saturated rings. The quantitative estimate of drug-likeness (QED) is 0.857. The SMILES string of the molecule is CCN(CC)C1=NS(=O)(=O)C(C)=C1c1ccc(OC)cc1. The van der Waals surface area contributed by atoms with Crippen LogP contribution in [0.15, 0.2) is 33.6 Å². The molecule has 0 saturated heterocycles. The van der Waals surface area contributed by atoms with E-state index in [0.29, 0.717) is 29.4 Å². The summed E-state index contributed by atoms with van der Waals surface area (Å²) in [7, 11) is -1.96. The van der Waals surface area contributed by atoms with E-state index in [1.807, 2.05) is 43.0 Å². The molecule has 0 spiro atoms. The van der Waals surface area contributed by atoms with Gasteiger partial charge in [0.15, 0.2) is 5.84 Å². The number of ether oxygens (including phenoxy) is 1. The summed E-state index contributed by atoms with van der Waals surface area (Å²) in [6.07, 6.45) is 0. The fourth-order valence-electron chi connectivity index (χ4n) is 2.34. The van der Waals surface area contributed by atoms with E-state index in [4.69, 9.17) is 4.74 Å². The normalized spacial score (nSPS) is 16.9. The Balaban J connectivity index is 2.56. The standard InChI is InChI=1S/C15H20N2O3S/c1-5-17(6-2)15-14(11(3)21(18,19)16-15)12-7-9-13(20-4)10-8-12/h7-10H,5-6H2,1-4H3. The summed E-state index contributed by atoms with van der Waals surface area (Å²) in [6.45, 7) is 6.99. The molecular weight excluding hydrogens is 288 g/mol. The predicted molar refractivity (Wildman–Crippen MR) is 84.9 cm³/mol. The van der Waals surface area contributed by atoms with Crippen LogP contribution >= 0.6 is 0 Å². The van der Waals surface area contributed by atoms with Gasteiger partial charge in [0.25, 0.3) is 10.0 Å². The fraction of sp³-hybridized carbons (Fsp3) is 0.400. The Bertz CT molecular complexity index is 684. The maximum atomic E-state index is 12.1. The third-order valence-electron chi connectivity index (χ3n) is 3.61. The van der Waals surface area contributed by atoms with Crippen molar-refractivity contribution in [3.05, 3.63) is 34.7 Å². The topological polar surface area (TPSA) is 59.0 Å². The minimum Gasteiger partial charge on any atom is -0.497 e. The lowest BCUT2D eigenvalue weighted by Gasteiger charge is -2.22. The van der Waals surface area contributed by atoms with Gasteiger partial charge in [0.1, 0.15) is 5.75 Å². The highest BCUT2D eigenvalue weighted by Gasteiger charge is 2.32. The van der Waals surface area contributed by atoms with Crippen LogP contribution in [0.2, 0.25) is 0 Å². The monoisotopic (exact) mass is 308 g/mol. The zero-order valence-corrected chi connectivity index (χ0v) is 13.6. The molecule has 0 aromatic heterocycles. The Hall–Kier alpha value is -1.82. The highest BCUT2D eigenvalue weighted by atomic mass is 32.2. The van der Waals surface area contributed by atoms with Crippen molar-refractivity contribution in [1.29, 1.82) is 0 Å². The first kappa shape index (κ1) is 15.6. The molecule has 0 N–H and O–H groups in total. The van der Waals surface area contributed by atoms with Gasteiger partial charge in [-0.3, -0.25) is 0 Å². The maximum absolute atomic E-state index is 12.1. The highest BCUT2D eigenvalue weighted by molar-refractivity contribution is 7.94. The van der Waals surface area contributed by atoms with Crippen molar-refractivity contribution in [2.24, 2.45) is 4.40 Å². The fourth-order valence-corrected chi connectivity index (χ4v) is 3.38. The number of sulfonamides is 1. The molecule has 0 unspecified atom stereocenters. The largest absolute Gasteiger partial charge is 0.497 e. The summed E-state index contributed by atoms with van der Waals surface area (Å²) < 4.78 is 33.3. The first-order chi connectivity index (χ1) is 9.94. The van der Waals surface area contributed by atoms with Gasteiger partial charge in [-0.15, -0.1) is 4.40 Å². The maximum Gasteiger partial charge on any atom is 0.280 e. The number of likely N-dealkylation sites (N-methyl/N-ethyl adjacent to an activating group) is 1. The zero-order valence-electron chi connectivity index (χ0n) is 12.8. The second kappa shape index (κ2) is 5.89. The number of hydrogen-bond acceptors (Lipinski definition) is 4. The lowest BCUT2D eigenvalue weighted by atomic mass is 10.0. The van der Waals surface area contributed by atoms with Crippen LogP contribution in [0.1, 0.15) is 26.3 Å². The number of methoxy groups -OCH3 is 1. The van der Waals surface area contributed by atoms with Crippen molar-refractivity contribution >= 4 is 21.4 Å². The smallest absolute Gasteiger partial charge is 0.280 e. The molecule has 1 aliphatic rings. The first-order valence-electron chi connectivity index (χ1n) is 6.90. The lowest BCUT2D eigenvalue weighted by molar-refractivity contribution is 0.415. The molecule has 6 heteroatoms. The van der Waals surface area contributed by atoms with Crippen LogP contribution in [0.4, 0.5) is 0 Å². The Kier molecular flexibility index (Phi) is 4.37. The zero-order chi connectivity index (χ0) is 15.6. The van der Waals surface area contributed by atoms with Crippen LogP contribution in [0, 0.1) is 0 Å². The van der Waals surface area contributed by atoms with Crippen molar-refractivity contribution in [3.63, 3.8) is 0 Å². The van der Waals surface area contributed by atoms with Crippen LogP contribution in [0.25, 0.3) is 5.57 Å². The minimum absolute atomic E-state index is 0.301. The van der Waals surface area contributed by atoms with Gasteiger partial charge in [-0.25, -0.2) is 0 Å². The van der Waals surface area contributed by atoms with E-state index in [-0.39, 0.29) is 0 Å². The third kappa shape index (κ3) is 2.81. The molecule has 0 atom stereocenters. The Labute approximate surface area is 126 Å². The number of hydrogen-bond donors (Lipinski definition) is 0. The Morgan fingerprint density at radius 1 is 1.14 bits per heavy atom. The van der Waals surface area contributed by atoms with Crippen molar-refractivity contribution in [2.75, 3.05) is 20.2 Å². The van der Waals surface area contributed by atoms with Gasteiger partial charge in [0.2, 0.25) is 0 Å². The first-order valence-corrected chi connectivity index (χ1v) is 8.34. The molecule has 21 heavy (non-hydrogen) atoms. The van der Waals surface area contributed by atoms with Crippen molar-refractivity contribution in [2.45, 2.75) is 20.8 Å². The van der Waals surface area contributed by atoms with E-state index >= 15 is 0 Å². The second-order valence-electron chi connectivity index (χ2n) is 4.72. The van der Waals surface area contributed by atoms with Crippen LogP contribution < -0.4 is 4.74 Å². The molecule has 114 valence electrons. The summed E-state index contributed by atoms with van der Waals surface area (Å²) in [4.78, 5) is 2.25. The predicted octanol–water partition coefficient (Wildman–Crippen LogP) is 2.51. The summed E-state index contributed by atoms with van der Waals surface area (Å²) in [5, 5.41) is 0. The van der Waals surface area contributed by atoms with Gasteiger partial charge in [-0.2, -0.15) is 8.42 Å². The molecule has 1 heterocycles. The third-order valence-corrected chi connectivity index (χ3v) is 5.00. The van der Waals surface area contributed by atoms with Crippen LogP contribution in [-0.4, -0.2) is 39.4 Å². The molecule has 0 radical (unpaired) electrons. The molecule has 0 bridgehead atoms. The molecule has 5 nitrogen and oxygen atoms in total. The van der Waals surface area contributed by atoms with Gasteiger partial charge in [0.05, 0.1) is 12.0 Å². The molecule has 0 aliphatic carbocycles. The van der Waals surface area contributed by atoms with E-state index in [9.17, 15) is 8.42 Å². The van der Waals surface area contributed by atoms with E-state index in [2.05, 4.69) is 4.40 Å². The van der Waals surface area contributed by atoms with Gasteiger partial charge in [-0.05, 0) is 38.5 Å². The number of amidine groups is 1. The highest BCUT2D eigenvalue weighted by Crippen LogP contribution is 2.33. The number of rotatable bonds is 4. The number of allylic oxidation sites excluding steroid dienone is 1. The molecule has 0 saturated carbocycles. The van der Waals surface area contributed by atoms with Gasteiger partial charge in [0, 0.05) is 18.7 Å². The summed E-state index contributed by atoms with van der Waals surface area (Å²) in [6, 6.07) is 7.36. The van der Waals surface area contributed by atoms with Crippen LogP contribution in [0.5, 0.6) is 5.75 Å². The number of nitrogens with zero attached hydrogens (tertiary/aromatic N) is 2. The van der Waals surface area contributed by atoms with Gasteiger partial charge < -0.3 is 9.64 Å². The number of benzene rings is 1. The van der Waals surface area contributed by atoms with Crippen molar-refractivity contribution in [1.82, 2.24) is 4.90 Å². The molecule has 0 amide bonds. The summed E-state index contributed by atoms with van der Waals surface area (Å²) in [5.41, 5.74) is 1.52. The van der Waals surface area contributed by atoms with E-state index in [1.165, 1.54) is 0 Å². The summed E-state index contributed by atoms with van der Waals surface area (Å²) >= 11 is 0. The summed E-state index contributed by atoms with van der Waals surface area (Å²) in [5.74, 6) is 1.27. The van der Waals surface area contributed by atoms with Gasteiger partial charge in [-0.1, -0.05) is 12.1 Å². The minimum atomic E-state index is -3.56. The Morgan fingerprint density at radius 2 is 1.71 bits per heavy atom. The van der Waals surface area contributed by atoms with Gasteiger partial charge >= 0.3 is 0 Å². The van der Waals surface area contributed by atoms with Crippen molar-refractivity contribution < 1.29 is 13.2 Å². The van der Waals surface area contributed by atoms with E-state index in [1.54, 1.807) is 14.0 Å². The Morgan fingerprint density at radius 3 is 2.19 bits per heavy atom. The second-order valence-corrected chi connectivity index (χ2v) is 6.47. The van der Waals surface area contributed by atoms with Crippen LogP contribution in [-0.2, 0) is 10.0 Å². The lowest BCUT2D eigenvalue weighted by Crippen LogP contribution is -2.30. The van der Waals surface area contributed by atoms with Crippen LogP contribution in [0.3, 0.4) is 0 Å². The molecule has 1 aromatic carbocycles. The molecule has 2 rings (SSSR count).